The highest BCUT2D eigenvalue weighted by Gasteiger charge is 2.28. The van der Waals surface area contributed by atoms with Gasteiger partial charge in [-0.2, -0.15) is 0 Å². The molecular formula is C13H18F2N2. The maximum absolute atomic E-state index is 13.8. The quantitative estimate of drug-likeness (QED) is 0.854. The Morgan fingerprint density at radius 3 is 2.59 bits per heavy atom. The van der Waals surface area contributed by atoms with E-state index in [0.717, 1.165) is 13.0 Å². The van der Waals surface area contributed by atoms with Crippen molar-refractivity contribution in [3.63, 3.8) is 0 Å². The summed E-state index contributed by atoms with van der Waals surface area (Å²) in [7, 11) is 0. The predicted octanol–water partition coefficient (Wildman–Crippen LogP) is 2.54. The molecule has 2 nitrogen and oxygen atoms in total. The van der Waals surface area contributed by atoms with Gasteiger partial charge >= 0.3 is 0 Å². The number of piperazine rings is 1. The Kier molecular flexibility index (Phi) is 3.62. The average Bonchev–Trinajstić information content (AvgIpc) is 2.29. The second kappa shape index (κ2) is 5.00. The van der Waals surface area contributed by atoms with Gasteiger partial charge in [-0.25, -0.2) is 8.78 Å². The van der Waals surface area contributed by atoms with E-state index in [1.54, 1.807) is 0 Å². The fourth-order valence-electron chi connectivity index (χ4n) is 2.36. The molecule has 0 bridgehead atoms. The molecular weight excluding hydrogens is 222 g/mol. The van der Waals surface area contributed by atoms with E-state index in [1.165, 1.54) is 18.2 Å². The second-order valence-electron chi connectivity index (χ2n) is 4.59. The molecule has 0 radical (unpaired) electrons. The van der Waals surface area contributed by atoms with E-state index in [0.29, 0.717) is 6.54 Å². The lowest BCUT2D eigenvalue weighted by molar-refractivity contribution is 0.393. The van der Waals surface area contributed by atoms with Crippen molar-refractivity contribution in [2.75, 3.05) is 18.0 Å². The highest BCUT2D eigenvalue weighted by molar-refractivity contribution is 5.51. The van der Waals surface area contributed by atoms with Crippen LogP contribution in [0.25, 0.3) is 0 Å². The molecule has 1 aliphatic rings. The minimum atomic E-state index is -0.474. The van der Waals surface area contributed by atoms with E-state index in [2.05, 4.69) is 5.32 Å². The highest BCUT2D eigenvalue weighted by Crippen LogP contribution is 2.27. The Hall–Kier alpha value is -1.16. The van der Waals surface area contributed by atoms with Crippen LogP contribution < -0.4 is 10.2 Å². The maximum Gasteiger partial charge on any atom is 0.149 e. The molecule has 1 aromatic carbocycles. The first-order chi connectivity index (χ1) is 8.13. The number of benzene rings is 1. The van der Waals surface area contributed by atoms with Crippen LogP contribution in [0.4, 0.5) is 14.5 Å². The van der Waals surface area contributed by atoms with Crippen LogP contribution in [-0.4, -0.2) is 25.2 Å². The molecule has 1 saturated heterocycles. The van der Waals surface area contributed by atoms with E-state index in [4.69, 9.17) is 0 Å². The minimum absolute atomic E-state index is 0.118. The normalized spacial score (nSPS) is 25.1. The largest absolute Gasteiger partial charge is 0.361 e. The molecule has 2 unspecified atom stereocenters. The smallest absolute Gasteiger partial charge is 0.149 e. The fourth-order valence-corrected chi connectivity index (χ4v) is 2.36. The van der Waals surface area contributed by atoms with E-state index < -0.39 is 11.6 Å². The van der Waals surface area contributed by atoms with Crippen LogP contribution in [-0.2, 0) is 0 Å². The Bertz CT molecular complexity index is 375. The molecule has 1 N–H and O–H groups in total. The Balaban J connectivity index is 2.35. The number of nitrogens with zero attached hydrogens (tertiary/aromatic N) is 1. The standard InChI is InChI=1S/C13H18F2N2/c1-3-10-7-16-9(2)8-17(10)13-11(14)5-4-6-12(13)15/h4-6,9-10,16H,3,7-8H2,1-2H3. The summed E-state index contributed by atoms with van der Waals surface area (Å²) in [6, 6.07) is 4.44. The monoisotopic (exact) mass is 240 g/mol. The summed E-state index contributed by atoms with van der Waals surface area (Å²) in [6.45, 7) is 5.47. The number of hydrogen-bond donors (Lipinski definition) is 1. The number of para-hydroxylation sites is 1. The van der Waals surface area contributed by atoms with Crippen LogP contribution in [0.3, 0.4) is 0 Å². The topological polar surface area (TPSA) is 15.3 Å². The SMILES string of the molecule is CCC1CNC(C)CN1c1c(F)cccc1F. The number of nitrogens with one attached hydrogen (secondary N) is 1. The van der Waals surface area contributed by atoms with Crippen molar-refractivity contribution in [1.29, 1.82) is 0 Å². The van der Waals surface area contributed by atoms with E-state index in [1.807, 2.05) is 18.7 Å². The molecule has 0 aliphatic carbocycles. The van der Waals surface area contributed by atoms with Crippen LogP contribution in [0.15, 0.2) is 18.2 Å². The Morgan fingerprint density at radius 2 is 2.00 bits per heavy atom. The molecule has 2 rings (SSSR count). The molecule has 1 heterocycles. The first-order valence-corrected chi connectivity index (χ1v) is 6.07. The lowest BCUT2D eigenvalue weighted by atomic mass is 10.1. The number of hydrogen-bond acceptors (Lipinski definition) is 2. The summed E-state index contributed by atoms with van der Waals surface area (Å²) >= 11 is 0. The molecule has 0 spiro atoms. The molecule has 1 aromatic rings. The van der Waals surface area contributed by atoms with Crippen LogP contribution >= 0.6 is 0 Å². The Morgan fingerprint density at radius 1 is 1.35 bits per heavy atom. The Labute approximate surface area is 101 Å². The van der Waals surface area contributed by atoms with Crippen molar-refractivity contribution in [3.8, 4) is 0 Å². The second-order valence-corrected chi connectivity index (χ2v) is 4.59. The van der Waals surface area contributed by atoms with Gasteiger partial charge in [0.1, 0.15) is 17.3 Å². The predicted molar refractivity (Wildman–Crippen MR) is 65.2 cm³/mol. The zero-order valence-corrected chi connectivity index (χ0v) is 10.2. The van der Waals surface area contributed by atoms with Crippen LogP contribution in [0, 0.1) is 11.6 Å². The lowest BCUT2D eigenvalue weighted by Gasteiger charge is -2.40. The number of halogens is 2. The highest BCUT2D eigenvalue weighted by atomic mass is 19.1. The van der Waals surface area contributed by atoms with E-state index >= 15 is 0 Å². The first-order valence-electron chi connectivity index (χ1n) is 6.07. The number of anilines is 1. The fraction of sp³-hybridized carbons (Fsp3) is 0.538. The summed E-state index contributed by atoms with van der Waals surface area (Å²) in [4.78, 5) is 1.85. The lowest BCUT2D eigenvalue weighted by Crippen LogP contribution is -2.56. The summed E-state index contributed by atoms with van der Waals surface area (Å²) in [5.74, 6) is -0.949. The van der Waals surface area contributed by atoms with Crippen molar-refractivity contribution < 1.29 is 8.78 Å². The molecule has 1 fully saturated rings. The van der Waals surface area contributed by atoms with Crippen LogP contribution in [0.5, 0.6) is 0 Å². The first kappa shape index (κ1) is 12.3. The van der Waals surface area contributed by atoms with Gasteiger partial charge in [-0.15, -0.1) is 0 Å². The van der Waals surface area contributed by atoms with Crippen molar-refractivity contribution >= 4 is 5.69 Å². The molecule has 0 saturated carbocycles. The van der Waals surface area contributed by atoms with Gasteiger partial charge < -0.3 is 10.2 Å². The molecule has 0 amide bonds. The minimum Gasteiger partial charge on any atom is -0.361 e. The summed E-state index contributed by atoms with van der Waals surface area (Å²) in [5.41, 5.74) is 0.118. The molecule has 2 atom stereocenters. The zero-order valence-electron chi connectivity index (χ0n) is 10.2. The van der Waals surface area contributed by atoms with Crippen molar-refractivity contribution in [3.05, 3.63) is 29.8 Å². The summed E-state index contributed by atoms with van der Waals surface area (Å²) < 4.78 is 27.5. The van der Waals surface area contributed by atoms with Gasteiger partial charge in [0.25, 0.3) is 0 Å². The maximum atomic E-state index is 13.8. The average molecular weight is 240 g/mol. The molecule has 94 valence electrons. The third-order valence-corrected chi connectivity index (χ3v) is 3.31. The van der Waals surface area contributed by atoms with Crippen molar-refractivity contribution in [1.82, 2.24) is 5.32 Å². The molecule has 17 heavy (non-hydrogen) atoms. The van der Waals surface area contributed by atoms with Crippen molar-refractivity contribution in [2.24, 2.45) is 0 Å². The van der Waals surface area contributed by atoms with E-state index in [9.17, 15) is 8.78 Å². The van der Waals surface area contributed by atoms with Gasteiger partial charge in [-0.05, 0) is 25.5 Å². The molecule has 0 aromatic heterocycles. The van der Waals surface area contributed by atoms with E-state index in [-0.39, 0.29) is 17.8 Å². The third-order valence-electron chi connectivity index (χ3n) is 3.31. The van der Waals surface area contributed by atoms with Gasteiger partial charge in [0.2, 0.25) is 0 Å². The third kappa shape index (κ3) is 2.41. The van der Waals surface area contributed by atoms with Crippen LogP contribution in [0.2, 0.25) is 0 Å². The van der Waals surface area contributed by atoms with Gasteiger partial charge in [0.05, 0.1) is 0 Å². The van der Waals surface area contributed by atoms with Crippen molar-refractivity contribution in [2.45, 2.75) is 32.4 Å². The van der Waals surface area contributed by atoms with Gasteiger partial charge in [-0.3, -0.25) is 0 Å². The molecule has 1 aliphatic heterocycles. The van der Waals surface area contributed by atoms with Gasteiger partial charge in [0.15, 0.2) is 0 Å². The van der Waals surface area contributed by atoms with Gasteiger partial charge in [-0.1, -0.05) is 13.0 Å². The summed E-state index contributed by atoms with van der Waals surface area (Å²) in [6.07, 6.45) is 0.869. The zero-order chi connectivity index (χ0) is 12.4. The van der Waals surface area contributed by atoms with Gasteiger partial charge in [0, 0.05) is 25.2 Å². The van der Waals surface area contributed by atoms with Crippen LogP contribution in [0.1, 0.15) is 20.3 Å². The number of rotatable bonds is 2. The molecule has 4 heteroatoms. The summed E-state index contributed by atoms with van der Waals surface area (Å²) in [5, 5.41) is 3.34.